The van der Waals surface area contributed by atoms with Crippen LogP contribution in [0.1, 0.15) is 5.56 Å². The van der Waals surface area contributed by atoms with Gasteiger partial charge in [0.25, 0.3) is 10.0 Å². The molecular formula is C19H21N3O2S. The zero-order valence-electron chi connectivity index (χ0n) is 14.1. The number of aryl methyl sites for hydroxylation is 1. The van der Waals surface area contributed by atoms with Gasteiger partial charge in [0.15, 0.2) is 0 Å². The molecule has 1 aliphatic rings. The summed E-state index contributed by atoms with van der Waals surface area (Å²) in [5.74, 6) is 0. The number of hydrogen-bond donors (Lipinski definition) is 1. The van der Waals surface area contributed by atoms with Gasteiger partial charge >= 0.3 is 0 Å². The molecule has 4 rings (SSSR count). The molecule has 0 spiro atoms. The molecule has 1 aliphatic heterocycles. The fraction of sp³-hybridized carbons (Fsp3) is 0.263. The van der Waals surface area contributed by atoms with Crippen LogP contribution in [0.4, 0.5) is 5.69 Å². The highest BCUT2D eigenvalue weighted by Gasteiger charge is 2.20. The Labute approximate surface area is 147 Å². The van der Waals surface area contributed by atoms with Crippen molar-refractivity contribution >= 4 is 26.6 Å². The highest BCUT2D eigenvalue weighted by Crippen LogP contribution is 2.27. The largest absolute Gasteiger partial charge is 0.369 e. The molecule has 3 aromatic rings. The van der Waals surface area contributed by atoms with Crippen LogP contribution in [0.5, 0.6) is 0 Å². The molecule has 25 heavy (non-hydrogen) atoms. The number of piperazine rings is 1. The van der Waals surface area contributed by atoms with Crippen LogP contribution in [0.25, 0.3) is 10.9 Å². The van der Waals surface area contributed by atoms with Crippen LogP contribution in [-0.4, -0.2) is 38.6 Å². The van der Waals surface area contributed by atoms with Gasteiger partial charge < -0.3 is 10.2 Å². The molecule has 1 saturated heterocycles. The molecule has 0 aliphatic carbocycles. The first kappa shape index (κ1) is 16.2. The van der Waals surface area contributed by atoms with Crippen molar-refractivity contribution in [2.45, 2.75) is 11.8 Å². The maximum absolute atomic E-state index is 13.1. The van der Waals surface area contributed by atoms with Gasteiger partial charge in [0.1, 0.15) is 0 Å². The highest BCUT2D eigenvalue weighted by atomic mass is 32.2. The summed E-state index contributed by atoms with van der Waals surface area (Å²) in [6.07, 6.45) is 1.64. The predicted octanol–water partition coefficient (Wildman–Crippen LogP) is 2.60. The molecule has 130 valence electrons. The second-order valence-corrected chi connectivity index (χ2v) is 8.23. The van der Waals surface area contributed by atoms with Gasteiger partial charge in [-0.3, -0.25) is 0 Å². The Bertz CT molecular complexity index is 1020. The van der Waals surface area contributed by atoms with Crippen molar-refractivity contribution in [1.29, 1.82) is 0 Å². The van der Waals surface area contributed by atoms with E-state index in [0.29, 0.717) is 4.90 Å². The Hall–Kier alpha value is -2.31. The molecule has 1 aromatic heterocycles. The maximum atomic E-state index is 13.1. The Kier molecular flexibility index (Phi) is 4.01. The molecule has 0 atom stereocenters. The van der Waals surface area contributed by atoms with E-state index in [1.54, 1.807) is 24.4 Å². The van der Waals surface area contributed by atoms with E-state index in [1.807, 2.05) is 31.2 Å². The number of aromatic nitrogens is 1. The molecule has 1 N–H and O–H groups in total. The molecule has 6 heteroatoms. The van der Waals surface area contributed by atoms with Gasteiger partial charge in [-0.15, -0.1) is 0 Å². The lowest BCUT2D eigenvalue weighted by atomic mass is 10.2. The summed E-state index contributed by atoms with van der Waals surface area (Å²) >= 11 is 0. The van der Waals surface area contributed by atoms with E-state index in [0.717, 1.165) is 48.3 Å². The first-order valence-corrected chi connectivity index (χ1v) is 9.89. The van der Waals surface area contributed by atoms with Crippen LogP contribution in [0.3, 0.4) is 0 Å². The van der Waals surface area contributed by atoms with Crippen LogP contribution in [0.15, 0.2) is 59.6 Å². The summed E-state index contributed by atoms with van der Waals surface area (Å²) < 4.78 is 27.6. The Balaban J connectivity index is 1.82. The smallest absolute Gasteiger partial charge is 0.268 e. The first-order valence-electron chi connectivity index (χ1n) is 8.45. The quantitative estimate of drug-likeness (QED) is 0.785. The van der Waals surface area contributed by atoms with E-state index < -0.39 is 10.0 Å². The van der Waals surface area contributed by atoms with Crippen molar-refractivity contribution in [2.75, 3.05) is 31.1 Å². The number of rotatable bonds is 3. The Morgan fingerprint density at radius 1 is 1.00 bits per heavy atom. The lowest BCUT2D eigenvalue weighted by Crippen LogP contribution is -2.43. The van der Waals surface area contributed by atoms with E-state index in [-0.39, 0.29) is 0 Å². The van der Waals surface area contributed by atoms with Crippen molar-refractivity contribution in [2.24, 2.45) is 0 Å². The van der Waals surface area contributed by atoms with Gasteiger partial charge in [-0.2, -0.15) is 0 Å². The molecular weight excluding hydrogens is 334 g/mol. The SMILES string of the molecule is Cc1cccc(S(=O)(=O)n2ccc3ccc(N4CCNCC4)cc32)c1. The second-order valence-electron chi connectivity index (χ2n) is 6.41. The normalized spacial score (nSPS) is 15.6. The third kappa shape index (κ3) is 2.92. The van der Waals surface area contributed by atoms with Crippen molar-refractivity contribution < 1.29 is 8.42 Å². The lowest BCUT2D eigenvalue weighted by Gasteiger charge is -2.29. The van der Waals surface area contributed by atoms with Crippen LogP contribution < -0.4 is 10.2 Å². The molecule has 0 bridgehead atoms. The summed E-state index contributed by atoms with van der Waals surface area (Å²) in [5.41, 5.74) is 2.71. The molecule has 0 amide bonds. The number of hydrogen-bond acceptors (Lipinski definition) is 4. The zero-order valence-corrected chi connectivity index (χ0v) is 15.0. The minimum absolute atomic E-state index is 0.317. The molecule has 0 radical (unpaired) electrons. The van der Waals surface area contributed by atoms with E-state index >= 15 is 0 Å². The van der Waals surface area contributed by atoms with E-state index in [4.69, 9.17) is 0 Å². The summed E-state index contributed by atoms with van der Waals surface area (Å²) in [6.45, 7) is 5.64. The lowest BCUT2D eigenvalue weighted by molar-refractivity contribution is 0.588. The third-order valence-electron chi connectivity index (χ3n) is 4.67. The molecule has 0 unspecified atom stereocenters. The molecule has 2 heterocycles. The number of nitrogens with zero attached hydrogens (tertiary/aromatic N) is 2. The van der Waals surface area contributed by atoms with Gasteiger partial charge in [-0.1, -0.05) is 18.2 Å². The predicted molar refractivity (Wildman–Crippen MR) is 101 cm³/mol. The maximum Gasteiger partial charge on any atom is 0.268 e. The van der Waals surface area contributed by atoms with Gasteiger partial charge in [0, 0.05) is 43.4 Å². The highest BCUT2D eigenvalue weighted by molar-refractivity contribution is 7.90. The topological polar surface area (TPSA) is 54.3 Å². The van der Waals surface area contributed by atoms with E-state index in [1.165, 1.54) is 3.97 Å². The first-order chi connectivity index (χ1) is 12.1. The van der Waals surface area contributed by atoms with Crippen molar-refractivity contribution in [3.8, 4) is 0 Å². The standard InChI is InChI=1S/C19H21N3O2S/c1-15-3-2-4-18(13-15)25(23,24)22-10-7-16-5-6-17(14-19(16)22)21-11-8-20-9-12-21/h2-7,10,13-14,20H,8-9,11-12H2,1H3. The van der Waals surface area contributed by atoms with Gasteiger partial charge in [0.05, 0.1) is 10.4 Å². The van der Waals surface area contributed by atoms with Crippen LogP contribution in [-0.2, 0) is 10.0 Å². The minimum Gasteiger partial charge on any atom is -0.369 e. The van der Waals surface area contributed by atoms with E-state index in [2.05, 4.69) is 16.3 Å². The number of benzene rings is 2. The Morgan fingerprint density at radius 3 is 2.56 bits per heavy atom. The van der Waals surface area contributed by atoms with Crippen LogP contribution in [0, 0.1) is 6.92 Å². The third-order valence-corrected chi connectivity index (χ3v) is 6.36. The van der Waals surface area contributed by atoms with Gasteiger partial charge in [-0.05, 0) is 42.8 Å². The van der Waals surface area contributed by atoms with Crippen molar-refractivity contribution in [3.05, 3.63) is 60.3 Å². The fourth-order valence-electron chi connectivity index (χ4n) is 3.31. The molecule has 2 aromatic carbocycles. The molecule has 0 saturated carbocycles. The number of anilines is 1. The summed E-state index contributed by atoms with van der Waals surface area (Å²) in [7, 11) is -3.61. The van der Waals surface area contributed by atoms with Crippen LogP contribution >= 0.6 is 0 Å². The second kappa shape index (κ2) is 6.20. The van der Waals surface area contributed by atoms with Gasteiger partial charge in [-0.25, -0.2) is 12.4 Å². The fourth-order valence-corrected chi connectivity index (χ4v) is 4.76. The minimum atomic E-state index is -3.61. The van der Waals surface area contributed by atoms with Crippen molar-refractivity contribution in [3.63, 3.8) is 0 Å². The summed E-state index contributed by atoms with van der Waals surface area (Å²) in [4.78, 5) is 2.60. The molecule has 1 fully saturated rings. The summed E-state index contributed by atoms with van der Waals surface area (Å²) in [5, 5.41) is 4.26. The monoisotopic (exact) mass is 355 g/mol. The number of nitrogens with one attached hydrogen (secondary N) is 1. The summed E-state index contributed by atoms with van der Waals surface area (Å²) in [6, 6.07) is 14.9. The van der Waals surface area contributed by atoms with Crippen molar-refractivity contribution in [1.82, 2.24) is 9.29 Å². The average Bonchev–Trinajstić information content (AvgIpc) is 3.06. The van der Waals surface area contributed by atoms with Gasteiger partial charge in [0.2, 0.25) is 0 Å². The van der Waals surface area contributed by atoms with E-state index in [9.17, 15) is 8.42 Å². The number of fused-ring (bicyclic) bond motifs is 1. The zero-order chi connectivity index (χ0) is 17.4. The average molecular weight is 355 g/mol. The van der Waals surface area contributed by atoms with Crippen LogP contribution in [0.2, 0.25) is 0 Å². The molecule has 5 nitrogen and oxygen atoms in total. The Morgan fingerprint density at radius 2 is 1.80 bits per heavy atom.